The van der Waals surface area contributed by atoms with E-state index >= 15 is 0 Å². The smallest absolute Gasteiger partial charge is 0.223 e. The van der Waals surface area contributed by atoms with Gasteiger partial charge in [0.1, 0.15) is 5.82 Å². The summed E-state index contributed by atoms with van der Waals surface area (Å²) in [6, 6.07) is 5.99. The van der Waals surface area contributed by atoms with Crippen molar-refractivity contribution in [2.75, 3.05) is 6.54 Å². The van der Waals surface area contributed by atoms with E-state index in [1.165, 1.54) is 12.1 Å². The first-order valence-corrected chi connectivity index (χ1v) is 5.78. The van der Waals surface area contributed by atoms with Crippen molar-refractivity contribution in [1.82, 2.24) is 5.32 Å². The van der Waals surface area contributed by atoms with Crippen LogP contribution in [0.3, 0.4) is 0 Å². The number of benzene rings is 1. The second kappa shape index (κ2) is 5.49. The third-order valence-corrected chi connectivity index (χ3v) is 2.90. The summed E-state index contributed by atoms with van der Waals surface area (Å²) in [5.74, 6) is 5.75. The maximum atomic E-state index is 12.6. The Morgan fingerprint density at radius 2 is 2.06 bits per heavy atom. The monoisotopic (exact) mass is 231 g/mol. The Morgan fingerprint density at radius 1 is 1.35 bits per heavy atom. The topological polar surface area (TPSA) is 29.1 Å². The van der Waals surface area contributed by atoms with Crippen molar-refractivity contribution in [1.29, 1.82) is 0 Å². The first-order chi connectivity index (χ1) is 8.25. The van der Waals surface area contributed by atoms with Gasteiger partial charge in [-0.05, 0) is 37.1 Å². The molecule has 2 nitrogen and oxygen atoms in total. The highest BCUT2D eigenvalue weighted by atomic mass is 19.1. The van der Waals surface area contributed by atoms with E-state index in [2.05, 4.69) is 17.2 Å². The van der Waals surface area contributed by atoms with Crippen LogP contribution in [0, 0.1) is 23.6 Å². The van der Waals surface area contributed by atoms with Crippen molar-refractivity contribution in [2.45, 2.75) is 19.3 Å². The Hall–Kier alpha value is -1.82. The second-order valence-corrected chi connectivity index (χ2v) is 4.15. The van der Waals surface area contributed by atoms with Gasteiger partial charge in [0.25, 0.3) is 0 Å². The van der Waals surface area contributed by atoms with E-state index in [9.17, 15) is 9.18 Å². The lowest BCUT2D eigenvalue weighted by Crippen LogP contribution is -2.34. The van der Waals surface area contributed by atoms with Crippen LogP contribution in [0.15, 0.2) is 24.3 Å². The van der Waals surface area contributed by atoms with Crippen molar-refractivity contribution >= 4 is 5.91 Å². The lowest BCUT2D eigenvalue weighted by atomic mass is 9.85. The Balaban J connectivity index is 1.78. The molecule has 1 fully saturated rings. The fourth-order valence-electron chi connectivity index (χ4n) is 1.63. The minimum Gasteiger partial charge on any atom is -0.345 e. The molecular weight excluding hydrogens is 217 g/mol. The Labute approximate surface area is 100 Å². The van der Waals surface area contributed by atoms with Crippen LogP contribution in [-0.2, 0) is 4.79 Å². The molecule has 0 unspecified atom stereocenters. The molecule has 0 atom stereocenters. The molecule has 1 aromatic rings. The van der Waals surface area contributed by atoms with Gasteiger partial charge in [0.05, 0.1) is 6.54 Å². The minimum absolute atomic E-state index is 0.102. The maximum absolute atomic E-state index is 12.6. The maximum Gasteiger partial charge on any atom is 0.223 e. The number of carbonyl (C=O) groups is 1. The largest absolute Gasteiger partial charge is 0.345 e. The fraction of sp³-hybridized carbons (Fsp3) is 0.357. The molecule has 3 heteroatoms. The highest BCUT2D eigenvalue weighted by molar-refractivity contribution is 5.79. The molecule has 0 spiro atoms. The SMILES string of the molecule is O=C(NCC#Cc1ccc(F)cc1)C1CCC1. The zero-order valence-electron chi connectivity index (χ0n) is 9.50. The van der Waals surface area contributed by atoms with Crippen LogP contribution in [0.4, 0.5) is 4.39 Å². The molecule has 0 radical (unpaired) electrons. The van der Waals surface area contributed by atoms with Crippen molar-refractivity contribution in [2.24, 2.45) is 5.92 Å². The summed E-state index contributed by atoms with van der Waals surface area (Å²) in [6.45, 7) is 0.354. The predicted molar refractivity (Wildman–Crippen MR) is 63.6 cm³/mol. The summed E-state index contributed by atoms with van der Waals surface area (Å²) in [7, 11) is 0. The summed E-state index contributed by atoms with van der Waals surface area (Å²) in [6.07, 6.45) is 3.15. The molecule has 1 amide bonds. The van der Waals surface area contributed by atoms with Crippen LogP contribution < -0.4 is 5.32 Å². The second-order valence-electron chi connectivity index (χ2n) is 4.15. The van der Waals surface area contributed by atoms with Gasteiger partial charge < -0.3 is 5.32 Å². The zero-order chi connectivity index (χ0) is 12.1. The lowest BCUT2D eigenvalue weighted by molar-refractivity contribution is -0.127. The van der Waals surface area contributed by atoms with Crippen molar-refractivity contribution < 1.29 is 9.18 Å². The van der Waals surface area contributed by atoms with Gasteiger partial charge in [-0.2, -0.15) is 0 Å². The molecule has 1 saturated carbocycles. The third kappa shape index (κ3) is 3.32. The molecule has 2 rings (SSSR count). The van der Waals surface area contributed by atoms with Crippen LogP contribution in [0.25, 0.3) is 0 Å². The molecule has 0 bridgehead atoms. The molecule has 0 aromatic heterocycles. The van der Waals surface area contributed by atoms with Gasteiger partial charge in [0, 0.05) is 11.5 Å². The quantitative estimate of drug-likeness (QED) is 0.776. The highest BCUT2D eigenvalue weighted by Crippen LogP contribution is 2.25. The number of amides is 1. The Bertz CT molecular complexity index is 451. The molecule has 1 N–H and O–H groups in total. The normalized spacial score (nSPS) is 14.4. The van der Waals surface area contributed by atoms with Crippen LogP contribution in [0.1, 0.15) is 24.8 Å². The van der Waals surface area contributed by atoms with Crippen molar-refractivity contribution in [3.8, 4) is 11.8 Å². The van der Waals surface area contributed by atoms with Crippen LogP contribution in [0.5, 0.6) is 0 Å². The summed E-state index contributed by atoms with van der Waals surface area (Å²) in [5.41, 5.74) is 0.754. The molecule has 1 aromatic carbocycles. The Kier molecular flexibility index (Phi) is 3.77. The molecule has 0 heterocycles. The number of nitrogens with one attached hydrogen (secondary N) is 1. The van der Waals surface area contributed by atoms with Crippen molar-refractivity contribution in [3.05, 3.63) is 35.6 Å². The minimum atomic E-state index is -0.270. The third-order valence-electron chi connectivity index (χ3n) is 2.90. The van der Waals surface area contributed by atoms with E-state index in [4.69, 9.17) is 0 Å². The number of halogens is 1. The van der Waals surface area contributed by atoms with E-state index in [-0.39, 0.29) is 17.6 Å². The van der Waals surface area contributed by atoms with Gasteiger partial charge in [-0.25, -0.2) is 4.39 Å². The van der Waals surface area contributed by atoms with Crippen molar-refractivity contribution in [3.63, 3.8) is 0 Å². The molecular formula is C14H14FNO. The standard InChI is InChI=1S/C14H14FNO/c15-13-8-6-11(7-9-13)3-2-10-16-14(17)12-4-1-5-12/h6-9,12H,1,4-5,10H2,(H,16,17). The van der Waals surface area contributed by atoms with Gasteiger partial charge in [-0.15, -0.1) is 0 Å². The van der Waals surface area contributed by atoms with Crippen LogP contribution >= 0.6 is 0 Å². The van der Waals surface area contributed by atoms with Gasteiger partial charge >= 0.3 is 0 Å². The van der Waals surface area contributed by atoms with Crippen LogP contribution in [-0.4, -0.2) is 12.5 Å². The summed E-state index contributed by atoms with van der Waals surface area (Å²) in [5, 5.41) is 2.78. The molecule has 17 heavy (non-hydrogen) atoms. The zero-order valence-corrected chi connectivity index (χ0v) is 9.50. The van der Waals surface area contributed by atoms with Gasteiger partial charge in [-0.3, -0.25) is 4.79 Å². The molecule has 88 valence electrons. The number of rotatable bonds is 2. The fourth-order valence-corrected chi connectivity index (χ4v) is 1.63. The molecule has 0 saturated heterocycles. The molecule has 1 aliphatic rings. The van der Waals surface area contributed by atoms with E-state index in [0.717, 1.165) is 24.8 Å². The van der Waals surface area contributed by atoms with E-state index in [1.807, 2.05) is 0 Å². The average Bonchev–Trinajstić information content (AvgIpc) is 2.24. The van der Waals surface area contributed by atoms with Gasteiger partial charge in [0.2, 0.25) is 5.91 Å². The van der Waals surface area contributed by atoms with E-state index in [0.29, 0.717) is 6.54 Å². The average molecular weight is 231 g/mol. The number of hydrogen-bond donors (Lipinski definition) is 1. The van der Waals surface area contributed by atoms with Gasteiger partial charge in [0.15, 0.2) is 0 Å². The summed E-state index contributed by atoms with van der Waals surface area (Å²) >= 11 is 0. The summed E-state index contributed by atoms with van der Waals surface area (Å²) in [4.78, 5) is 11.5. The van der Waals surface area contributed by atoms with E-state index < -0.39 is 0 Å². The van der Waals surface area contributed by atoms with E-state index in [1.54, 1.807) is 12.1 Å². The van der Waals surface area contributed by atoms with Gasteiger partial charge in [-0.1, -0.05) is 18.3 Å². The predicted octanol–water partition coefficient (Wildman–Crippen LogP) is 2.09. The first kappa shape index (κ1) is 11.7. The number of hydrogen-bond acceptors (Lipinski definition) is 1. The molecule has 0 aliphatic heterocycles. The summed E-state index contributed by atoms with van der Waals surface area (Å²) < 4.78 is 12.6. The van der Waals surface area contributed by atoms with Crippen LogP contribution in [0.2, 0.25) is 0 Å². The highest BCUT2D eigenvalue weighted by Gasteiger charge is 2.24. The Morgan fingerprint density at radius 3 is 2.65 bits per heavy atom. The lowest BCUT2D eigenvalue weighted by Gasteiger charge is -2.23. The first-order valence-electron chi connectivity index (χ1n) is 5.78. The number of carbonyl (C=O) groups excluding carboxylic acids is 1. The molecule has 1 aliphatic carbocycles.